The van der Waals surface area contributed by atoms with Crippen molar-refractivity contribution in [2.45, 2.75) is 41.0 Å². The molecule has 4 nitrogen and oxygen atoms in total. The van der Waals surface area contributed by atoms with Crippen molar-refractivity contribution < 1.29 is 14.2 Å². The molecule has 0 aliphatic carbocycles. The first-order chi connectivity index (χ1) is 10.0. The van der Waals surface area contributed by atoms with E-state index < -0.39 is 0 Å². The van der Waals surface area contributed by atoms with Crippen molar-refractivity contribution in [3.8, 4) is 0 Å². The molecule has 128 valence electrons. The number of hydrogen-bond donors (Lipinski definition) is 1. The average Bonchev–Trinajstić information content (AvgIpc) is 2.43. The SMILES string of the molecule is CC(C)CNCCOCCOCCOCCC(C)C(C)C. The molecule has 0 radical (unpaired) electrons. The van der Waals surface area contributed by atoms with E-state index in [2.05, 4.69) is 39.9 Å². The van der Waals surface area contributed by atoms with Crippen molar-refractivity contribution in [1.82, 2.24) is 5.32 Å². The van der Waals surface area contributed by atoms with Crippen molar-refractivity contribution in [2.24, 2.45) is 17.8 Å². The lowest BCUT2D eigenvalue weighted by Gasteiger charge is -2.15. The van der Waals surface area contributed by atoms with Crippen LogP contribution in [0, 0.1) is 17.8 Å². The Bertz CT molecular complexity index is 210. The molecule has 0 aromatic rings. The van der Waals surface area contributed by atoms with Gasteiger partial charge in [-0.1, -0.05) is 34.6 Å². The Morgan fingerprint density at radius 1 is 0.714 bits per heavy atom. The Morgan fingerprint density at radius 2 is 1.24 bits per heavy atom. The largest absolute Gasteiger partial charge is 0.379 e. The fraction of sp³-hybridized carbons (Fsp3) is 1.00. The fourth-order valence-electron chi connectivity index (χ4n) is 1.68. The number of nitrogens with one attached hydrogen (secondary N) is 1. The predicted octanol–water partition coefficient (Wildman–Crippen LogP) is 2.96. The lowest BCUT2D eigenvalue weighted by atomic mass is 9.95. The van der Waals surface area contributed by atoms with Gasteiger partial charge in [0.05, 0.1) is 33.0 Å². The summed E-state index contributed by atoms with van der Waals surface area (Å²) < 4.78 is 16.5. The maximum Gasteiger partial charge on any atom is 0.0701 e. The lowest BCUT2D eigenvalue weighted by Crippen LogP contribution is -2.24. The average molecular weight is 303 g/mol. The van der Waals surface area contributed by atoms with Gasteiger partial charge in [-0.05, 0) is 30.7 Å². The molecule has 0 spiro atoms. The molecule has 0 aliphatic heterocycles. The van der Waals surface area contributed by atoms with Crippen LogP contribution in [0.4, 0.5) is 0 Å². The third-order valence-electron chi connectivity index (χ3n) is 3.58. The zero-order valence-corrected chi connectivity index (χ0v) is 14.8. The molecule has 0 saturated heterocycles. The third-order valence-corrected chi connectivity index (χ3v) is 3.58. The van der Waals surface area contributed by atoms with Crippen molar-refractivity contribution in [3.63, 3.8) is 0 Å². The Hall–Kier alpha value is -0.160. The predicted molar refractivity (Wildman–Crippen MR) is 88.8 cm³/mol. The number of hydrogen-bond acceptors (Lipinski definition) is 4. The Morgan fingerprint density at radius 3 is 1.76 bits per heavy atom. The van der Waals surface area contributed by atoms with Crippen LogP contribution in [-0.4, -0.2) is 52.7 Å². The normalized spacial score (nSPS) is 13.3. The zero-order valence-electron chi connectivity index (χ0n) is 14.8. The van der Waals surface area contributed by atoms with Crippen LogP contribution in [0.15, 0.2) is 0 Å². The van der Waals surface area contributed by atoms with E-state index in [1.165, 1.54) is 0 Å². The first-order valence-corrected chi connectivity index (χ1v) is 8.48. The van der Waals surface area contributed by atoms with Gasteiger partial charge in [0.2, 0.25) is 0 Å². The minimum Gasteiger partial charge on any atom is -0.379 e. The number of rotatable bonds is 15. The van der Waals surface area contributed by atoms with E-state index in [9.17, 15) is 0 Å². The van der Waals surface area contributed by atoms with Gasteiger partial charge in [0.15, 0.2) is 0 Å². The van der Waals surface area contributed by atoms with Gasteiger partial charge in [-0.15, -0.1) is 0 Å². The zero-order chi connectivity index (χ0) is 15.9. The molecule has 0 fully saturated rings. The molecular weight excluding hydrogens is 266 g/mol. The molecule has 21 heavy (non-hydrogen) atoms. The number of ether oxygens (including phenoxy) is 3. The van der Waals surface area contributed by atoms with Crippen LogP contribution >= 0.6 is 0 Å². The first-order valence-electron chi connectivity index (χ1n) is 8.48. The molecule has 0 heterocycles. The summed E-state index contributed by atoms with van der Waals surface area (Å²) in [4.78, 5) is 0. The van der Waals surface area contributed by atoms with Crippen molar-refractivity contribution >= 4 is 0 Å². The van der Waals surface area contributed by atoms with Crippen molar-refractivity contribution in [3.05, 3.63) is 0 Å². The highest BCUT2D eigenvalue weighted by molar-refractivity contribution is 4.56. The molecule has 0 saturated carbocycles. The van der Waals surface area contributed by atoms with Gasteiger partial charge in [0.25, 0.3) is 0 Å². The van der Waals surface area contributed by atoms with Gasteiger partial charge in [-0.2, -0.15) is 0 Å². The standard InChI is InChI=1S/C17H37NO3/c1-15(2)14-18-7-9-20-11-13-21-12-10-19-8-6-17(5)16(3)4/h15-18H,6-14H2,1-5H3. The van der Waals surface area contributed by atoms with Crippen LogP contribution < -0.4 is 5.32 Å². The maximum atomic E-state index is 5.56. The second-order valence-electron chi connectivity index (χ2n) is 6.45. The smallest absolute Gasteiger partial charge is 0.0701 e. The van der Waals surface area contributed by atoms with Gasteiger partial charge in [0, 0.05) is 13.2 Å². The van der Waals surface area contributed by atoms with Crippen LogP contribution in [0.1, 0.15) is 41.0 Å². The van der Waals surface area contributed by atoms with E-state index in [0.29, 0.717) is 32.3 Å². The van der Waals surface area contributed by atoms with Crippen LogP contribution in [-0.2, 0) is 14.2 Å². The van der Waals surface area contributed by atoms with E-state index in [1.54, 1.807) is 0 Å². The Kier molecular flexibility index (Phi) is 14.7. The molecule has 0 amide bonds. The summed E-state index contributed by atoms with van der Waals surface area (Å²) in [5.74, 6) is 2.15. The van der Waals surface area contributed by atoms with Crippen LogP contribution in [0.3, 0.4) is 0 Å². The molecule has 1 unspecified atom stereocenters. The van der Waals surface area contributed by atoms with Gasteiger partial charge in [-0.25, -0.2) is 0 Å². The summed E-state index contributed by atoms with van der Waals surface area (Å²) >= 11 is 0. The summed E-state index contributed by atoms with van der Waals surface area (Å²) in [6, 6.07) is 0. The lowest BCUT2D eigenvalue weighted by molar-refractivity contribution is 0.0123. The third kappa shape index (κ3) is 16.0. The molecule has 0 aliphatic rings. The summed E-state index contributed by atoms with van der Waals surface area (Å²) in [7, 11) is 0. The van der Waals surface area contributed by atoms with E-state index >= 15 is 0 Å². The highest BCUT2D eigenvalue weighted by atomic mass is 16.5. The summed E-state index contributed by atoms with van der Waals surface area (Å²) in [6.45, 7) is 17.4. The second kappa shape index (κ2) is 14.8. The molecule has 0 aromatic heterocycles. The molecular formula is C17H37NO3. The van der Waals surface area contributed by atoms with Gasteiger partial charge >= 0.3 is 0 Å². The van der Waals surface area contributed by atoms with Gasteiger partial charge < -0.3 is 19.5 Å². The molecule has 4 heteroatoms. The minimum absolute atomic E-state index is 0.649. The fourth-order valence-corrected chi connectivity index (χ4v) is 1.68. The summed E-state index contributed by atoms with van der Waals surface area (Å²) in [5, 5.41) is 3.34. The van der Waals surface area contributed by atoms with Crippen LogP contribution in [0.2, 0.25) is 0 Å². The molecule has 0 aromatic carbocycles. The van der Waals surface area contributed by atoms with E-state index in [-0.39, 0.29) is 0 Å². The quantitative estimate of drug-likeness (QED) is 0.472. The van der Waals surface area contributed by atoms with Crippen LogP contribution in [0.25, 0.3) is 0 Å². The summed E-state index contributed by atoms with van der Waals surface area (Å²) in [5.41, 5.74) is 0. The molecule has 1 N–H and O–H groups in total. The highest BCUT2D eigenvalue weighted by Gasteiger charge is 2.05. The monoisotopic (exact) mass is 303 g/mol. The maximum absolute atomic E-state index is 5.56. The highest BCUT2D eigenvalue weighted by Crippen LogP contribution is 2.13. The van der Waals surface area contributed by atoms with Crippen LogP contribution in [0.5, 0.6) is 0 Å². The van der Waals surface area contributed by atoms with Gasteiger partial charge in [0.1, 0.15) is 0 Å². The van der Waals surface area contributed by atoms with Crippen molar-refractivity contribution in [1.29, 1.82) is 0 Å². The van der Waals surface area contributed by atoms with E-state index in [0.717, 1.165) is 44.6 Å². The summed E-state index contributed by atoms with van der Waals surface area (Å²) in [6.07, 6.45) is 1.13. The van der Waals surface area contributed by atoms with Gasteiger partial charge in [-0.3, -0.25) is 0 Å². The first kappa shape index (κ1) is 20.8. The molecule has 0 rings (SSSR count). The minimum atomic E-state index is 0.649. The molecule has 0 bridgehead atoms. The Balaban J connectivity index is 3.06. The Labute approximate surface area is 131 Å². The topological polar surface area (TPSA) is 39.7 Å². The van der Waals surface area contributed by atoms with E-state index in [1.807, 2.05) is 0 Å². The molecule has 1 atom stereocenters. The van der Waals surface area contributed by atoms with Crippen molar-refractivity contribution in [2.75, 3.05) is 52.7 Å². The van der Waals surface area contributed by atoms with E-state index in [4.69, 9.17) is 14.2 Å². The second-order valence-corrected chi connectivity index (χ2v) is 6.45.